The Hall–Kier alpha value is -2.66. The van der Waals surface area contributed by atoms with Crippen molar-refractivity contribution >= 4 is 39.3 Å². The van der Waals surface area contributed by atoms with Gasteiger partial charge >= 0.3 is 0 Å². The average molecular weight is 362 g/mol. The molecule has 2 aromatic rings. The van der Waals surface area contributed by atoms with Crippen LogP contribution in [0.3, 0.4) is 0 Å². The van der Waals surface area contributed by atoms with Crippen LogP contribution in [0.5, 0.6) is 0 Å². The summed E-state index contributed by atoms with van der Waals surface area (Å²) < 4.78 is 22.4. The van der Waals surface area contributed by atoms with Crippen molar-refractivity contribution in [3.05, 3.63) is 64.7 Å². The highest BCUT2D eigenvalue weighted by Crippen LogP contribution is 2.19. The second-order valence-corrected chi connectivity index (χ2v) is 6.68. The highest BCUT2D eigenvalue weighted by atomic mass is 35.5. The Bertz CT molecular complexity index is 945. The number of rotatable bonds is 4. The van der Waals surface area contributed by atoms with E-state index in [9.17, 15) is 13.2 Å². The maximum Gasteiger partial charge on any atom is 0.266 e. The Kier molecular flexibility index (Phi) is 5.36. The third-order valence-electron chi connectivity index (χ3n) is 3.01. The Morgan fingerprint density at radius 1 is 1.17 bits per heavy atom. The van der Waals surface area contributed by atoms with Gasteiger partial charge < -0.3 is 5.32 Å². The molecular weight excluding hydrogens is 350 g/mol. The standard InChI is InChI=1S/C16H12ClN3O3S/c17-15-4-2-1-3-11(15)9-12(10-18)16(21)20-13-5-7-14(8-6-13)24(19,22)23/h1-9H,(H,20,21)(H2,19,22,23). The molecule has 6 nitrogen and oxygen atoms in total. The lowest BCUT2D eigenvalue weighted by Gasteiger charge is -2.05. The van der Waals surface area contributed by atoms with Gasteiger partial charge in [-0.15, -0.1) is 0 Å². The zero-order valence-electron chi connectivity index (χ0n) is 12.2. The molecule has 0 radical (unpaired) electrons. The number of sulfonamides is 1. The van der Waals surface area contributed by atoms with Crippen molar-refractivity contribution in [3.63, 3.8) is 0 Å². The fraction of sp³-hybridized carbons (Fsp3) is 0. The molecule has 2 aromatic carbocycles. The van der Waals surface area contributed by atoms with Gasteiger partial charge in [0.15, 0.2) is 0 Å². The van der Waals surface area contributed by atoms with E-state index in [1.54, 1.807) is 24.3 Å². The SMILES string of the molecule is N#CC(=Cc1ccccc1Cl)C(=O)Nc1ccc(S(N)(=O)=O)cc1. The van der Waals surface area contributed by atoms with Crippen LogP contribution >= 0.6 is 11.6 Å². The van der Waals surface area contributed by atoms with Gasteiger partial charge in [0.25, 0.3) is 5.91 Å². The number of nitrogens with one attached hydrogen (secondary N) is 1. The zero-order valence-corrected chi connectivity index (χ0v) is 13.8. The van der Waals surface area contributed by atoms with Gasteiger partial charge in [0.05, 0.1) is 4.90 Å². The average Bonchev–Trinajstić information content (AvgIpc) is 2.53. The number of hydrogen-bond donors (Lipinski definition) is 2. The third-order valence-corrected chi connectivity index (χ3v) is 4.28. The summed E-state index contributed by atoms with van der Waals surface area (Å²) >= 11 is 6.00. The molecule has 0 aliphatic carbocycles. The smallest absolute Gasteiger partial charge is 0.266 e. The van der Waals surface area contributed by atoms with E-state index >= 15 is 0 Å². The summed E-state index contributed by atoms with van der Waals surface area (Å²) in [5.74, 6) is -0.638. The summed E-state index contributed by atoms with van der Waals surface area (Å²) in [6.45, 7) is 0. The van der Waals surface area contributed by atoms with Crippen LogP contribution in [0.1, 0.15) is 5.56 Å². The number of nitriles is 1. The van der Waals surface area contributed by atoms with Gasteiger partial charge in [0.1, 0.15) is 11.6 Å². The van der Waals surface area contributed by atoms with Gasteiger partial charge in [0, 0.05) is 10.7 Å². The van der Waals surface area contributed by atoms with Crippen molar-refractivity contribution in [3.8, 4) is 6.07 Å². The maximum atomic E-state index is 12.2. The summed E-state index contributed by atoms with van der Waals surface area (Å²) in [4.78, 5) is 12.1. The number of carbonyl (C=O) groups is 1. The highest BCUT2D eigenvalue weighted by Gasteiger charge is 2.12. The fourth-order valence-corrected chi connectivity index (χ4v) is 2.53. The number of anilines is 1. The summed E-state index contributed by atoms with van der Waals surface area (Å²) in [6, 6.07) is 13.9. The lowest BCUT2D eigenvalue weighted by Crippen LogP contribution is -2.14. The van der Waals surface area contributed by atoms with Crippen molar-refractivity contribution in [2.75, 3.05) is 5.32 Å². The minimum Gasteiger partial charge on any atom is -0.321 e. The monoisotopic (exact) mass is 361 g/mol. The Labute approximate surface area is 144 Å². The van der Waals surface area contributed by atoms with Crippen LogP contribution in [0.15, 0.2) is 59.0 Å². The van der Waals surface area contributed by atoms with E-state index in [1.807, 2.05) is 6.07 Å². The Morgan fingerprint density at radius 2 is 1.79 bits per heavy atom. The van der Waals surface area contributed by atoms with E-state index in [2.05, 4.69) is 5.32 Å². The molecule has 24 heavy (non-hydrogen) atoms. The Balaban J connectivity index is 2.22. The first-order chi connectivity index (χ1) is 11.3. The van der Waals surface area contributed by atoms with Crippen LogP contribution in [-0.4, -0.2) is 14.3 Å². The molecule has 0 heterocycles. The first-order valence-electron chi connectivity index (χ1n) is 6.62. The lowest BCUT2D eigenvalue weighted by atomic mass is 10.1. The first kappa shape index (κ1) is 17.7. The molecule has 0 unspecified atom stereocenters. The molecule has 0 aromatic heterocycles. The quantitative estimate of drug-likeness (QED) is 0.643. The molecular formula is C16H12ClN3O3S. The fourth-order valence-electron chi connectivity index (χ4n) is 1.82. The number of halogens is 1. The van der Waals surface area contributed by atoms with Gasteiger partial charge in [-0.2, -0.15) is 5.26 Å². The number of hydrogen-bond acceptors (Lipinski definition) is 4. The van der Waals surface area contributed by atoms with E-state index in [0.29, 0.717) is 16.3 Å². The van der Waals surface area contributed by atoms with E-state index in [-0.39, 0.29) is 10.5 Å². The maximum absolute atomic E-state index is 12.2. The number of primary sulfonamides is 1. The van der Waals surface area contributed by atoms with E-state index in [4.69, 9.17) is 22.0 Å². The van der Waals surface area contributed by atoms with Crippen LogP contribution in [0, 0.1) is 11.3 Å². The van der Waals surface area contributed by atoms with Crippen LogP contribution in [0.25, 0.3) is 6.08 Å². The molecule has 0 saturated heterocycles. The molecule has 0 aliphatic heterocycles. The van der Waals surface area contributed by atoms with Crippen LogP contribution in [0.4, 0.5) is 5.69 Å². The molecule has 0 atom stereocenters. The molecule has 0 aliphatic rings. The number of carbonyl (C=O) groups excluding carboxylic acids is 1. The first-order valence-corrected chi connectivity index (χ1v) is 8.54. The van der Waals surface area contributed by atoms with Gasteiger partial charge in [0.2, 0.25) is 10.0 Å². The summed E-state index contributed by atoms with van der Waals surface area (Å²) in [7, 11) is -3.81. The van der Waals surface area contributed by atoms with Crippen molar-refractivity contribution < 1.29 is 13.2 Å². The topological polar surface area (TPSA) is 113 Å². The van der Waals surface area contributed by atoms with Crippen molar-refractivity contribution in [1.29, 1.82) is 5.26 Å². The predicted molar refractivity (Wildman–Crippen MR) is 91.5 cm³/mol. The third kappa shape index (κ3) is 4.43. The molecule has 3 N–H and O–H groups in total. The number of nitrogens with zero attached hydrogens (tertiary/aromatic N) is 1. The summed E-state index contributed by atoms with van der Waals surface area (Å²) in [5.41, 5.74) is 0.724. The number of benzene rings is 2. The summed E-state index contributed by atoms with van der Waals surface area (Å²) in [6.07, 6.45) is 1.37. The predicted octanol–water partition coefficient (Wildman–Crippen LogP) is 2.53. The van der Waals surface area contributed by atoms with Gasteiger partial charge in [-0.3, -0.25) is 4.79 Å². The number of nitrogens with two attached hydrogens (primary N) is 1. The van der Waals surface area contributed by atoms with E-state index in [0.717, 1.165) is 0 Å². The summed E-state index contributed by atoms with van der Waals surface area (Å²) in [5, 5.41) is 17.1. The molecule has 0 spiro atoms. The highest BCUT2D eigenvalue weighted by molar-refractivity contribution is 7.89. The van der Waals surface area contributed by atoms with Crippen molar-refractivity contribution in [1.82, 2.24) is 0 Å². The normalized spacial score (nSPS) is 11.6. The second kappa shape index (κ2) is 7.27. The van der Waals surface area contributed by atoms with Gasteiger partial charge in [-0.05, 0) is 42.0 Å². The second-order valence-electron chi connectivity index (χ2n) is 4.71. The van der Waals surface area contributed by atoms with Crippen LogP contribution < -0.4 is 10.5 Å². The molecule has 0 fully saturated rings. The van der Waals surface area contributed by atoms with Gasteiger partial charge in [-0.1, -0.05) is 29.8 Å². The molecule has 0 bridgehead atoms. The molecule has 2 rings (SSSR count). The van der Waals surface area contributed by atoms with Crippen LogP contribution in [-0.2, 0) is 14.8 Å². The minimum atomic E-state index is -3.81. The molecule has 1 amide bonds. The molecule has 122 valence electrons. The zero-order chi connectivity index (χ0) is 17.7. The minimum absolute atomic E-state index is 0.0763. The number of amides is 1. The van der Waals surface area contributed by atoms with Crippen LogP contribution in [0.2, 0.25) is 5.02 Å². The molecule has 8 heteroatoms. The van der Waals surface area contributed by atoms with E-state index in [1.165, 1.54) is 30.3 Å². The molecule has 0 saturated carbocycles. The van der Waals surface area contributed by atoms with Gasteiger partial charge in [-0.25, -0.2) is 13.6 Å². The van der Waals surface area contributed by atoms with Crippen molar-refractivity contribution in [2.24, 2.45) is 5.14 Å². The van der Waals surface area contributed by atoms with E-state index < -0.39 is 15.9 Å². The lowest BCUT2D eigenvalue weighted by molar-refractivity contribution is -0.112. The largest absolute Gasteiger partial charge is 0.321 e. The Morgan fingerprint density at radius 3 is 2.33 bits per heavy atom. The van der Waals surface area contributed by atoms with Crippen molar-refractivity contribution in [2.45, 2.75) is 4.90 Å².